The number of ketones is 1. The molecule has 0 unspecified atom stereocenters. The van der Waals surface area contributed by atoms with Crippen LogP contribution >= 0.6 is 22.6 Å². The van der Waals surface area contributed by atoms with Crippen molar-refractivity contribution in [3.8, 4) is 11.8 Å². The van der Waals surface area contributed by atoms with Gasteiger partial charge in [-0.05, 0) is 82.5 Å². The Hall–Kier alpha value is -2.78. The van der Waals surface area contributed by atoms with Crippen LogP contribution in [0.2, 0.25) is 0 Å². The van der Waals surface area contributed by atoms with E-state index in [1.807, 2.05) is 75.6 Å². The van der Waals surface area contributed by atoms with E-state index >= 15 is 0 Å². The van der Waals surface area contributed by atoms with E-state index in [0.717, 1.165) is 22.5 Å². The zero-order valence-electron chi connectivity index (χ0n) is 17.7. The van der Waals surface area contributed by atoms with E-state index in [0.29, 0.717) is 12.0 Å². The minimum atomic E-state index is -0.155. The first-order chi connectivity index (χ1) is 14.3. The normalized spacial score (nSPS) is 10.2. The van der Waals surface area contributed by atoms with Crippen LogP contribution < -0.4 is 9.80 Å². The molecule has 30 heavy (non-hydrogen) atoms. The van der Waals surface area contributed by atoms with Crippen LogP contribution in [0.3, 0.4) is 0 Å². The van der Waals surface area contributed by atoms with Gasteiger partial charge in [0.25, 0.3) is 0 Å². The lowest BCUT2D eigenvalue weighted by atomic mass is 9.96. The van der Waals surface area contributed by atoms with Crippen LogP contribution in [0.1, 0.15) is 27.0 Å². The molecule has 0 spiro atoms. The molecule has 0 heterocycles. The maximum atomic E-state index is 13.0. The SMILES string of the molecule is CN(C)c1ccc(Cc2ccc(N(C)C)cc2C(=O)C#Cc2ccccc2)c(I)c1. The number of carbonyl (C=O) groups is 1. The Balaban J connectivity index is 1.97. The predicted octanol–water partition coefficient (Wildman–Crippen LogP) is 5.25. The molecule has 0 aromatic heterocycles. The van der Waals surface area contributed by atoms with Gasteiger partial charge in [-0.3, -0.25) is 4.79 Å². The highest BCUT2D eigenvalue weighted by Gasteiger charge is 2.14. The number of benzene rings is 3. The Morgan fingerprint density at radius 2 is 1.43 bits per heavy atom. The molecule has 4 heteroatoms. The lowest BCUT2D eigenvalue weighted by Crippen LogP contribution is -2.12. The van der Waals surface area contributed by atoms with Crippen molar-refractivity contribution in [2.24, 2.45) is 0 Å². The topological polar surface area (TPSA) is 23.6 Å². The van der Waals surface area contributed by atoms with E-state index in [4.69, 9.17) is 0 Å². The van der Waals surface area contributed by atoms with Gasteiger partial charge in [0.1, 0.15) is 0 Å². The molecule has 0 saturated heterocycles. The molecule has 3 aromatic carbocycles. The number of hydrogen-bond acceptors (Lipinski definition) is 3. The van der Waals surface area contributed by atoms with Crippen LogP contribution in [0, 0.1) is 15.4 Å². The fraction of sp³-hybridized carbons (Fsp3) is 0.192. The number of Topliss-reactive ketones (excluding diaryl/α,β-unsaturated/α-hetero) is 1. The highest BCUT2D eigenvalue weighted by molar-refractivity contribution is 14.1. The van der Waals surface area contributed by atoms with Crippen LogP contribution in [0.5, 0.6) is 0 Å². The molecular formula is C26H25IN2O. The number of rotatable bonds is 5. The Labute approximate surface area is 192 Å². The highest BCUT2D eigenvalue weighted by atomic mass is 127. The number of halogens is 1. The molecular weight excluding hydrogens is 483 g/mol. The molecule has 0 aliphatic rings. The van der Waals surface area contributed by atoms with Crippen LogP contribution in [0.25, 0.3) is 0 Å². The number of hydrogen-bond donors (Lipinski definition) is 0. The van der Waals surface area contributed by atoms with E-state index in [1.165, 1.54) is 9.13 Å². The minimum Gasteiger partial charge on any atom is -0.378 e. The average Bonchev–Trinajstić information content (AvgIpc) is 2.74. The number of anilines is 2. The Bertz CT molecular complexity index is 1110. The van der Waals surface area contributed by atoms with Crippen LogP contribution in [-0.2, 0) is 6.42 Å². The lowest BCUT2D eigenvalue weighted by molar-refractivity contribution is 0.105. The van der Waals surface area contributed by atoms with Gasteiger partial charge < -0.3 is 9.80 Å². The van der Waals surface area contributed by atoms with Crippen molar-refractivity contribution in [3.05, 3.63) is 92.6 Å². The largest absolute Gasteiger partial charge is 0.378 e. The fourth-order valence-corrected chi connectivity index (χ4v) is 3.78. The zero-order valence-corrected chi connectivity index (χ0v) is 19.9. The molecule has 0 amide bonds. The summed E-state index contributed by atoms with van der Waals surface area (Å²) in [5.74, 6) is 5.67. The molecule has 3 rings (SSSR count). The van der Waals surface area contributed by atoms with Crippen molar-refractivity contribution in [1.82, 2.24) is 0 Å². The summed E-state index contributed by atoms with van der Waals surface area (Å²) < 4.78 is 1.18. The maximum absolute atomic E-state index is 13.0. The zero-order chi connectivity index (χ0) is 21.7. The monoisotopic (exact) mass is 508 g/mol. The standard InChI is InChI=1S/C26H25IN2O/c1-28(2)22-13-11-20(16-21-12-14-23(29(3)4)18-25(21)27)24(17-22)26(30)15-10-19-8-6-5-7-9-19/h5-9,11-14,17-18H,16H2,1-4H3. The molecule has 0 bridgehead atoms. The van der Waals surface area contributed by atoms with E-state index < -0.39 is 0 Å². The van der Waals surface area contributed by atoms with Gasteiger partial charge >= 0.3 is 0 Å². The van der Waals surface area contributed by atoms with Gasteiger partial charge in [-0.1, -0.05) is 36.3 Å². The van der Waals surface area contributed by atoms with E-state index in [2.05, 4.69) is 63.6 Å². The van der Waals surface area contributed by atoms with Gasteiger partial charge in [0.05, 0.1) is 0 Å². The summed E-state index contributed by atoms with van der Waals surface area (Å²) in [5, 5.41) is 0. The molecule has 0 atom stereocenters. The third-order valence-corrected chi connectivity index (χ3v) is 5.89. The summed E-state index contributed by atoms with van der Waals surface area (Å²) in [6.07, 6.45) is 0.688. The molecule has 0 radical (unpaired) electrons. The first-order valence-corrected chi connectivity index (χ1v) is 10.8. The molecule has 0 saturated carbocycles. The first kappa shape index (κ1) is 21.9. The van der Waals surface area contributed by atoms with Crippen LogP contribution in [0.4, 0.5) is 11.4 Å². The molecule has 0 aliphatic heterocycles. The summed E-state index contributed by atoms with van der Waals surface area (Å²) in [4.78, 5) is 17.1. The molecule has 0 aliphatic carbocycles. The highest BCUT2D eigenvalue weighted by Crippen LogP contribution is 2.26. The Kier molecular flexibility index (Phi) is 7.17. The van der Waals surface area contributed by atoms with E-state index in [-0.39, 0.29) is 5.78 Å². The third kappa shape index (κ3) is 5.43. The van der Waals surface area contributed by atoms with Crippen molar-refractivity contribution in [2.75, 3.05) is 38.0 Å². The van der Waals surface area contributed by atoms with Crippen LogP contribution in [-0.4, -0.2) is 34.0 Å². The molecule has 152 valence electrons. The predicted molar refractivity (Wildman–Crippen MR) is 135 cm³/mol. The summed E-state index contributed by atoms with van der Waals surface area (Å²) in [6.45, 7) is 0. The number of nitrogens with zero attached hydrogens (tertiary/aromatic N) is 2. The second kappa shape index (κ2) is 9.82. The summed E-state index contributed by atoms with van der Waals surface area (Å²) in [5.41, 5.74) is 5.84. The van der Waals surface area contributed by atoms with Crippen molar-refractivity contribution in [3.63, 3.8) is 0 Å². The molecule has 0 N–H and O–H groups in total. The van der Waals surface area contributed by atoms with E-state index in [1.54, 1.807) is 0 Å². The summed E-state index contributed by atoms with van der Waals surface area (Å²) in [6, 6.07) is 22.1. The van der Waals surface area contributed by atoms with Gasteiger partial charge in [-0.2, -0.15) is 0 Å². The summed E-state index contributed by atoms with van der Waals surface area (Å²) >= 11 is 2.37. The second-order valence-electron chi connectivity index (χ2n) is 7.53. The summed E-state index contributed by atoms with van der Waals surface area (Å²) in [7, 11) is 8.02. The third-order valence-electron chi connectivity index (χ3n) is 4.88. The molecule has 3 aromatic rings. The van der Waals surface area contributed by atoms with Crippen LogP contribution in [0.15, 0.2) is 66.7 Å². The number of carbonyl (C=O) groups excluding carboxylic acids is 1. The Morgan fingerprint density at radius 3 is 2.03 bits per heavy atom. The van der Waals surface area contributed by atoms with Crippen molar-refractivity contribution < 1.29 is 4.79 Å². The van der Waals surface area contributed by atoms with Crippen molar-refractivity contribution in [2.45, 2.75) is 6.42 Å². The lowest BCUT2D eigenvalue weighted by Gasteiger charge is -2.17. The van der Waals surface area contributed by atoms with Gasteiger partial charge in [-0.15, -0.1) is 0 Å². The quantitative estimate of drug-likeness (QED) is 0.267. The first-order valence-electron chi connectivity index (χ1n) is 9.72. The average molecular weight is 508 g/mol. The molecule has 3 nitrogen and oxygen atoms in total. The fourth-order valence-electron chi connectivity index (χ4n) is 3.09. The van der Waals surface area contributed by atoms with E-state index in [9.17, 15) is 4.79 Å². The van der Waals surface area contributed by atoms with Gasteiger partial charge in [0.2, 0.25) is 5.78 Å². The Morgan fingerprint density at radius 1 is 0.833 bits per heavy atom. The second-order valence-corrected chi connectivity index (χ2v) is 8.69. The van der Waals surface area contributed by atoms with Crippen molar-refractivity contribution in [1.29, 1.82) is 0 Å². The van der Waals surface area contributed by atoms with Gasteiger partial charge in [-0.25, -0.2) is 0 Å². The maximum Gasteiger partial charge on any atom is 0.236 e. The minimum absolute atomic E-state index is 0.155. The smallest absolute Gasteiger partial charge is 0.236 e. The van der Waals surface area contributed by atoms with Gasteiger partial charge in [0, 0.05) is 54.3 Å². The van der Waals surface area contributed by atoms with Crippen molar-refractivity contribution >= 4 is 39.7 Å². The van der Waals surface area contributed by atoms with Gasteiger partial charge in [0.15, 0.2) is 0 Å². The molecule has 0 fully saturated rings.